The molecule has 1 aliphatic rings. The third-order valence-electron chi connectivity index (χ3n) is 3.35. The Balaban J connectivity index is 1.94. The summed E-state index contributed by atoms with van der Waals surface area (Å²) >= 11 is 13.3. The van der Waals surface area contributed by atoms with Crippen LogP contribution in [0.2, 0.25) is 10.0 Å². The van der Waals surface area contributed by atoms with Crippen LogP contribution in [-0.2, 0) is 4.79 Å². The van der Waals surface area contributed by atoms with Crippen molar-refractivity contribution in [3.05, 3.63) is 33.6 Å². The average molecular weight is 340 g/mol. The molecule has 1 aromatic heterocycles. The molecule has 21 heavy (non-hydrogen) atoms. The maximum atomic E-state index is 12.1. The lowest BCUT2D eigenvalue weighted by Crippen LogP contribution is -2.24. The molecule has 0 saturated carbocycles. The van der Waals surface area contributed by atoms with E-state index >= 15 is 0 Å². The Morgan fingerprint density at radius 3 is 2.67 bits per heavy atom. The molecule has 0 radical (unpaired) electrons. The second-order valence-electron chi connectivity index (χ2n) is 4.76. The molecule has 0 spiro atoms. The molecule has 0 bridgehead atoms. The standard InChI is InChI=1S/C14H11Cl2N3OS/c1-7-8(2)18-19(13(7)20)14-17-12(6-21-14)9-3-4-10(15)11(16)5-9/h3-7H,1-2H3/t7-/m1/s1. The maximum absolute atomic E-state index is 12.1. The van der Waals surface area contributed by atoms with Crippen molar-refractivity contribution in [3.8, 4) is 11.3 Å². The lowest BCUT2D eigenvalue weighted by molar-refractivity contribution is -0.119. The van der Waals surface area contributed by atoms with Gasteiger partial charge in [0.2, 0.25) is 5.13 Å². The zero-order valence-electron chi connectivity index (χ0n) is 11.3. The van der Waals surface area contributed by atoms with Crippen molar-refractivity contribution in [2.45, 2.75) is 13.8 Å². The van der Waals surface area contributed by atoms with Gasteiger partial charge in [0.1, 0.15) is 0 Å². The van der Waals surface area contributed by atoms with E-state index in [9.17, 15) is 4.79 Å². The predicted molar refractivity (Wildman–Crippen MR) is 87.3 cm³/mol. The Morgan fingerprint density at radius 1 is 1.29 bits per heavy atom. The van der Waals surface area contributed by atoms with E-state index < -0.39 is 0 Å². The molecule has 1 aromatic carbocycles. The first-order valence-corrected chi connectivity index (χ1v) is 7.91. The lowest BCUT2D eigenvalue weighted by atomic mass is 10.1. The number of carbonyl (C=O) groups is 1. The Labute approximate surface area is 136 Å². The van der Waals surface area contributed by atoms with Gasteiger partial charge in [-0.1, -0.05) is 29.3 Å². The summed E-state index contributed by atoms with van der Waals surface area (Å²) in [4.78, 5) is 16.6. The molecule has 4 nitrogen and oxygen atoms in total. The highest BCUT2D eigenvalue weighted by molar-refractivity contribution is 7.14. The summed E-state index contributed by atoms with van der Waals surface area (Å²) in [6.45, 7) is 3.69. The van der Waals surface area contributed by atoms with E-state index in [2.05, 4.69) is 10.1 Å². The molecule has 0 fully saturated rings. The van der Waals surface area contributed by atoms with Crippen molar-refractivity contribution in [2.24, 2.45) is 11.0 Å². The van der Waals surface area contributed by atoms with Crippen molar-refractivity contribution in [1.82, 2.24) is 4.98 Å². The fourth-order valence-electron chi connectivity index (χ4n) is 1.94. The average Bonchev–Trinajstić information content (AvgIpc) is 3.03. The van der Waals surface area contributed by atoms with Crippen LogP contribution in [0, 0.1) is 5.92 Å². The number of hydrazone groups is 1. The van der Waals surface area contributed by atoms with Crippen LogP contribution in [0.4, 0.5) is 5.13 Å². The maximum Gasteiger partial charge on any atom is 0.258 e. The van der Waals surface area contributed by atoms with Gasteiger partial charge in [-0.3, -0.25) is 4.79 Å². The van der Waals surface area contributed by atoms with E-state index in [0.717, 1.165) is 17.0 Å². The van der Waals surface area contributed by atoms with Gasteiger partial charge in [-0.2, -0.15) is 10.1 Å². The van der Waals surface area contributed by atoms with E-state index in [-0.39, 0.29) is 11.8 Å². The molecular weight excluding hydrogens is 329 g/mol. The fourth-order valence-corrected chi connectivity index (χ4v) is 3.03. The number of amides is 1. The van der Waals surface area contributed by atoms with Crippen molar-refractivity contribution >= 4 is 51.3 Å². The summed E-state index contributed by atoms with van der Waals surface area (Å²) in [6, 6.07) is 5.32. The molecule has 0 N–H and O–H groups in total. The van der Waals surface area contributed by atoms with E-state index in [0.29, 0.717) is 15.2 Å². The molecule has 0 unspecified atom stereocenters. The minimum atomic E-state index is -0.192. The summed E-state index contributed by atoms with van der Waals surface area (Å²) in [6.07, 6.45) is 0. The summed E-state index contributed by atoms with van der Waals surface area (Å²) in [5.74, 6) is -0.245. The molecule has 1 aliphatic heterocycles. The summed E-state index contributed by atoms with van der Waals surface area (Å²) in [5.41, 5.74) is 2.40. The molecule has 1 atom stereocenters. The van der Waals surface area contributed by atoms with Crippen LogP contribution >= 0.6 is 34.5 Å². The van der Waals surface area contributed by atoms with E-state index in [4.69, 9.17) is 23.2 Å². The number of halogens is 2. The highest BCUT2D eigenvalue weighted by Crippen LogP contribution is 2.33. The molecular formula is C14H11Cl2N3OS. The predicted octanol–water partition coefficient (Wildman–Crippen LogP) is 4.48. The van der Waals surface area contributed by atoms with Crippen LogP contribution in [0.3, 0.4) is 0 Å². The fraction of sp³-hybridized carbons (Fsp3) is 0.214. The molecule has 7 heteroatoms. The highest BCUT2D eigenvalue weighted by Gasteiger charge is 2.32. The van der Waals surface area contributed by atoms with Crippen LogP contribution in [0.1, 0.15) is 13.8 Å². The topological polar surface area (TPSA) is 45.6 Å². The Bertz CT molecular complexity index is 756. The van der Waals surface area contributed by atoms with Gasteiger partial charge in [-0.15, -0.1) is 11.3 Å². The molecule has 2 aromatic rings. The van der Waals surface area contributed by atoms with Gasteiger partial charge in [0.15, 0.2) is 0 Å². The van der Waals surface area contributed by atoms with Crippen LogP contribution in [0.15, 0.2) is 28.7 Å². The Morgan fingerprint density at radius 2 is 2.05 bits per heavy atom. The van der Waals surface area contributed by atoms with Gasteiger partial charge < -0.3 is 0 Å². The molecule has 0 aliphatic carbocycles. The number of benzene rings is 1. The van der Waals surface area contributed by atoms with E-state index in [1.165, 1.54) is 16.3 Å². The first kappa shape index (κ1) is 14.5. The summed E-state index contributed by atoms with van der Waals surface area (Å²) in [5, 5.41) is 9.03. The SMILES string of the molecule is CC1=NN(c2nc(-c3ccc(Cl)c(Cl)c3)cs2)C(=O)[C@@H]1C. The number of nitrogens with zero attached hydrogens (tertiary/aromatic N) is 3. The van der Waals surface area contributed by atoms with Crippen LogP contribution < -0.4 is 5.01 Å². The second kappa shape index (κ2) is 5.40. The molecule has 108 valence electrons. The number of thiazole rings is 1. The number of carbonyl (C=O) groups excluding carboxylic acids is 1. The number of hydrogen-bond donors (Lipinski definition) is 0. The second-order valence-corrected chi connectivity index (χ2v) is 6.41. The van der Waals surface area contributed by atoms with E-state index in [1.54, 1.807) is 12.1 Å². The summed E-state index contributed by atoms with van der Waals surface area (Å²) in [7, 11) is 0. The van der Waals surface area contributed by atoms with Crippen LogP contribution in [0.5, 0.6) is 0 Å². The quantitative estimate of drug-likeness (QED) is 0.809. The monoisotopic (exact) mass is 339 g/mol. The van der Waals surface area contributed by atoms with Gasteiger partial charge in [0.25, 0.3) is 5.91 Å². The third-order valence-corrected chi connectivity index (χ3v) is 4.91. The van der Waals surface area contributed by atoms with E-state index in [1.807, 2.05) is 25.3 Å². The van der Waals surface area contributed by atoms with Gasteiger partial charge in [-0.05, 0) is 26.0 Å². The van der Waals surface area contributed by atoms with Gasteiger partial charge in [0, 0.05) is 16.7 Å². The zero-order valence-corrected chi connectivity index (χ0v) is 13.6. The molecule has 3 rings (SSSR count). The van der Waals surface area contributed by atoms with Crippen molar-refractivity contribution in [2.75, 3.05) is 5.01 Å². The minimum absolute atomic E-state index is 0.0532. The van der Waals surface area contributed by atoms with Crippen molar-refractivity contribution in [3.63, 3.8) is 0 Å². The number of rotatable bonds is 2. The number of aromatic nitrogens is 1. The van der Waals surface area contributed by atoms with Gasteiger partial charge in [-0.25, -0.2) is 4.98 Å². The number of hydrogen-bond acceptors (Lipinski definition) is 4. The molecule has 1 amide bonds. The lowest BCUT2D eigenvalue weighted by Gasteiger charge is -2.08. The van der Waals surface area contributed by atoms with Crippen molar-refractivity contribution < 1.29 is 4.79 Å². The molecule has 0 saturated heterocycles. The zero-order chi connectivity index (χ0) is 15.1. The van der Waals surface area contributed by atoms with Crippen LogP contribution in [0.25, 0.3) is 11.3 Å². The highest BCUT2D eigenvalue weighted by atomic mass is 35.5. The number of anilines is 1. The first-order chi connectivity index (χ1) is 9.97. The Kier molecular flexibility index (Phi) is 3.73. The van der Waals surface area contributed by atoms with Crippen LogP contribution in [-0.4, -0.2) is 16.6 Å². The molecule has 2 heterocycles. The normalized spacial score (nSPS) is 18.3. The first-order valence-electron chi connectivity index (χ1n) is 6.27. The van der Waals surface area contributed by atoms with Crippen molar-refractivity contribution in [1.29, 1.82) is 0 Å². The Hall–Kier alpha value is -1.43. The van der Waals surface area contributed by atoms with Gasteiger partial charge in [0.05, 0.1) is 21.7 Å². The smallest absolute Gasteiger partial charge is 0.258 e. The third kappa shape index (κ3) is 2.57. The summed E-state index contributed by atoms with van der Waals surface area (Å²) < 4.78 is 0. The minimum Gasteiger partial charge on any atom is -0.272 e. The van der Waals surface area contributed by atoms with Gasteiger partial charge >= 0.3 is 0 Å². The largest absolute Gasteiger partial charge is 0.272 e.